The van der Waals surface area contributed by atoms with E-state index in [0.29, 0.717) is 36.9 Å². The molecule has 0 amide bonds. The average Bonchev–Trinajstić information content (AvgIpc) is 3.33. The third-order valence-corrected chi connectivity index (χ3v) is 7.83. The van der Waals surface area contributed by atoms with Gasteiger partial charge in [-0.2, -0.15) is 0 Å². The van der Waals surface area contributed by atoms with Crippen molar-refractivity contribution in [1.82, 2.24) is 0 Å². The highest BCUT2D eigenvalue weighted by Crippen LogP contribution is 2.53. The van der Waals surface area contributed by atoms with Crippen molar-refractivity contribution in [3.05, 3.63) is 0 Å². The van der Waals surface area contributed by atoms with Gasteiger partial charge in [0.15, 0.2) is 0 Å². The minimum absolute atomic E-state index is 0.118. The molecule has 0 heterocycles. The number of fused-ring (bicyclic) bond motifs is 2. The lowest BCUT2D eigenvalue weighted by atomic mass is 9.79. The van der Waals surface area contributed by atoms with E-state index in [-0.39, 0.29) is 23.8 Å². The number of esters is 2. The van der Waals surface area contributed by atoms with Gasteiger partial charge in [-0.3, -0.25) is 9.59 Å². The Morgan fingerprint density at radius 3 is 1.41 bits per heavy atom. The predicted octanol–water partition coefficient (Wildman–Crippen LogP) is 4.90. The van der Waals surface area contributed by atoms with Gasteiger partial charge in [0.25, 0.3) is 0 Å². The van der Waals surface area contributed by atoms with Gasteiger partial charge in [0, 0.05) is 0 Å². The van der Waals surface area contributed by atoms with Crippen LogP contribution in [-0.2, 0) is 19.1 Å². The van der Waals surface area contributed by atoms with E-state index in [1.54, 1.807) is 0 Å². The second-order valence-corrected chi connectivity index (χ2v) is 9.65. The Hall–Kier alpha value is -1.06. The van der Waals surface area contributed by atoms with Crippen LogP contribution in [0.25, 0.3) is 0 Å². The summed E-state index contributed by atoms with van der Waals surface area (Å²) in [4.78, 5) is 25.7. The van der Waals surface area contributed by atoms with Crippen LogP contribution in [0, 0.1) is 35.5 Å². The zero-order valence-electron chi connectivity index (χ0n) is 16.7. The summed E-state index contributed by atoms with van der Waals surface area (Å²) in [7, 11) is 0. The molecule has 0 saturated heterocycles. The van der Waals surface area contributed by atoms with Gasteiger partial charge in [0.2, 0.25) is 0 Å². The van der Waals surface area contributed by atoms with Gasteiger partial charge < -0.3 is 9.47 Å². The van der Waals surface area contributed by atoms with Crippen molar-refractivity contribution < 1.29 is 19.1 Å². The Bertz CT molecular complexity index is 472. The Morgan fingerprint density at radius 1 is 0.593 bits per heavy atom. The molecule has 152 valence electrons. The zero-order valence-corrected chi connectivity index (χ0v) is 16.7. The normalized spacial score (nSPS) is 34.5. The summed E-state index contributed by atoms with van der Waals surface area (Å²) in [6.45, 7) is 1.10. The molecule has 27 heavy (non-hydrogen) atoms. The highest BCUT2D eigenvalue weighted by molar-refractivity contribution is 5.83. The van der Waals surface area contributed by atoms with Crippen LogP contribution in [0.4, 0.5) is 0 Å². The maximum atomic E-state index is 12.9. The molecule has 4 heteroatoms. The van der Waals surface area contributed by atoms with Gasteiger partial charge in [-0.1, -0.05) is 38.5 Å². The maximum Gasteiger partial charge on any atom is 0.310 e. The lowest BCUT2D eigenvalue weighted by molar-refractivity contribution is -0.165. The number of carbonyl (C=O) groups excluding carboxylic acids is 2. The predicted molar refractivity (Wildman–Crippen MR) is 103 cm³/mol. The summed E-state index contributed by atoms with van der Waals surface area (Å²) >= 11 is 0. The Labute approximate surface area is 163 Å². The first-order valence-electron chi connectivity index (χ1n) is 11.6. The monoisotopic (exact) mass is 376 g/mol. The molecule has 0 aromatic carbocycles. The first-order chi connectivity index (χ1) is 13.2. The van der Waals surface area contributed by atoms with Gasteiger partial charge >= 0.3 is 11.9 Å². The molecule has 0 aliphatic heterocycles. The van der Waals surface area contributed by atoms with Gasteiger partial charge in [-0.15, -0.1) is 0 Å². The summed E-state index contributed by atoms with van der Waals surface area (Å²) in [6, 6.07) is 0. The van der Waals surface area contributed by atoms with E-state index in [0.717, 1.165) is 19.3 Å². The fourth-order valence-electron chi connectivity index (χ4n) is 6.27. The van der Waals surface area contributed by atoms with E-state index in [9.17, 15) is 9.59 Å². The van der Waals surface area contributed by atoms with E-state index >= 15 is 0 Å². The number of rotatable bonds is 6. The van der Waals surface area contributed by atoms with Crippen molar-refractivity contribution in [2.24, 2.45) is 35.5 Å². The van der Waals surface area contributed by atoms with Gasteiger partial charge in [-0.25, -0.2) is 0 Å². The molecule has 4 rings (SSSR count). The summed E-state index contributed by atoms with van der Waals surface area (Å²) in [5, 5.41) is 0. The topological polar surface area (TPSA) is 52.6 Å². The molecule has 0 aromatic heterocycles. The molecule has 4 aliphatic rings. The Balaban J connectivity index is 1.31. The summed E-state index contributed by atoms with van der Waals surface area (Å²) in [5.74, 6) is 0.996. The van der Waals surface area contributed by atoms with Crippen LogP contribution in [0.3, 0.4) is 0 Å². The molecule has 4 unspecified atom stereocenters. The minimum Gasteiger partial charge on any atom is -0.465 e. The molecular weight excluding hydrogens is 340 g/mol. The van der Waals surface area contributed by atoms with Crippen molar-refractivity contribution in [1.29, 1.82) is 0 Å². The van der Waals surface area contributed by atoms with E-state index in [1.807, 2.05) is 0 Å². The third-order valence-electron chi connectivity index (χ3n) is 7.83. The van der Waals surface area contributed by atoms with E-state index in [2.05, 4.69) is 0 Å². The number of hydrogen-bond acceptors (Lipinski definition) is 4. The highest BCUT2D eigenvalue weighted by atomic mass is 16.5. The molecule has 2 bridgehead atoms. The minimum atomic E-state index is -0.244. The van der Waals surface area contributed by atoms with Crippen LogP contribution >= 0.6 is 0 Å². The van der Waals surface area contributed by atoms with E-state index < -0.39 is 0 Å². The van der Waals surface area contributed by atoms with Crippen LogP contribution in [0.1, 0.15) is 83.5 Å². The van der Waals surface area contributed by atoms with Crippen LogP contribution in [0.5, 0.6) is 0 Å². The van der Waals surface area contributed by atoms with Gasteiger partial charge in [-0.05, 0) is 68.6 Å². The molecule has 4 atom stereocenters. The van der Waals surface area contributed by atoms with Crippen molar-refractivity contribution in [3.8, 4) is 0 Å². The smallest absolute Gasteiger partial charge is 0.310 e. The molecule has 0 spiro atoms. The molecule has 0 N–H and O–H groups in total. The Morgan fingerprint density at radius 2 is 1.00 bits per heavy atom. The number of ether oxygens (including phenoxy) is 2. The summed E-state index contributed by atoms with van der Waals surface area (Å²) in [5.41, 5.74) is 0. The van der Waals surface area contributed by atoms with Crippen LogP contribution in [0.2, 0.25) is 0 Å². The molecule has 4 aliphatic carbocycles. The maximum absolute atomic E-state index is 12.9. The van der Waals surface area contributed by atoms with Crippen molar-refractivity contribution in [2.75, 3.05) is 13.2 Å². The molecule has 4 nitrogen and oxygen atoms in total. The van der Waals surface area contributed by atoms with Crippen molar-refractivity contribution in [3.63, 3.8) is 0 Å². The molecule has 0 radical (unpaired) electrons. The second kappa shape index (κ2) is 8.96. The first kappa shape index (κ1) is 19.3. The van der Waals surface area contributed by atoms with E-state index in [1.165, 1.54) is 64.2 Å². The van der Waals surface area contributed by atoms with Crippen LogP contribution in [-0.4, -0.2) is 25.2 Å². The molecule has 0 aromatic rings. The van der Waals surface area contributed by atoms with Crippen LogP contribution < -0.4 is 0 Å². The summed E-state index contributed by atoms with van der Waals surface area (Å²) < 4.78 is 11.5. The fourth-order valence-corrected chi connectivity index (χ4v) is 6.27. The van der Waals surface area contributed by atoms with E-state index in [4.69, 9.17) is 9.47 Å². The standard InChI is InChI=1S/C23H36O4/c24-22(26-14-16-7-3-1-4-8-16)20-18-11-12-19(13-18)21(20)23(25)27-15-17-9-5-2-6-10-17/h16-21H,1-15H2. The highest BCUT2D eigenvalue weighted by Gasteiger charge is 2.55. The summed E-state index contributed by atoms with van der Waals surface area (Å²) in [6.07, 6.45) is 15.5. The first-order valence-corrected chi connectivity index (χ1v) is 11.6. The lowest BCUT2D eigenvalue weighted by Crippen LogP contribution is -2.38. The average molecular weight is 377 g/mol. The van der Waals surface area contributed by atoms with Crippen molar-refractivity contribution in [2.45, 2.75) is 83.5 Å². The van der Waals surface area contributed by atoms with Gasteiger partial charge in [0.1, 0.15) is 0 Å². The number of hydrogen-bond donors (Lipinski definition) is 0. The lowest BCUT2D eigenvalue weighted by Gasteiger charge is -2.30. The SMILES string of the molecule is O=C(OCC1CCCCC1)C1C2CCC(C2)C1C(=O)OCC1CCCCC1. The van der Waals surface area contributed by atoms with Crippen LogP contribution in [0.15, 0.2) is 0 Å². The second-order valence-electron chi connectivity index (χ2n) is 9.65. The molecule has 4 saturated carbocycles. The number of carbonyl (C=O) groups is 2. The Kier molecular flexibility index (Phi) is 6.39. The third kappa shape index (κ3) is 4.51. The van der Waals surface area contributed by atoms with Crippen molar-refractivity contribution >= 4 is 11.9 Å². The molecular formula is C23H36O4. The fraction of sp³-hybridized carbons (Fsp3) is 0.913. The quantitative estimate of drug-likeness (QED) is 0.619. The largest absolute Gasteiger partial charge is 0.465 e. The van der Waals surface area contributed by atoms with Gasteiger partial charge in [0.05, 0.1) is 25.0 Å². The zero-order chi connectivity index (χ0) is 18.6. The molecule has 4 fully saturated rings.